The molecule has 0 aliphatic rings. The molecule has 0 saturated carbocycles. The van der Waals surface area contributed by atoms with E-state index >= 15 is 0 Å². The van der Waals surface area contributed by atoms with Crippen molar-refractivity contribution in [2.45, 2.75) is 33.7 Å². The van der Waals surface area contributed by atoms with Gasteiger partial charge in [-0.15, -0.1) is 0 Å². The summed E-state index contributed by atoms with van der Waals surface area (Å²) in [6.07, 6.45) is 5.41. The first-order valence-electron chi connectivity index (χ1n) is 6.55. The highest BCUT2D eigenvalue weighted by molar-refractivity contribution is 5.81. The standard InChI is InChI=1S/C16H21NO/c1-4-11-18-15-5-6-16-14(12-15)8-10-17(16)9-7-13(2)3/h5-8,10,12H,4,9,11H2,1-3H3. The molecule has 2 heteroatoms. The lowest BCUT2D eigenvalue weighted by atomic mass is 10.2. The second kappa shape index (κ2) is 5.76. The van der Waals surface area contributed by atoms with Crippen molar-refractivity contribution in [3.05, 3.63) is 42.1 Å². The number of aromatic nitrogens is 1. The second-order valence-electron chi connectivity index (χ2n) is 4.82. The first-order chi connectivity index (χ1) is 8.70. The summed E-state index contributed by atoms with van der Waals surface area (Å²) in [5, 5.41) is 1.24. The Kier molecular flexibility index (Phi) is 4.08. The maximum absolute atomic E-state index is 5.65. The van der Waals surface area contributed by atoms with E-state index in [4.69, 9.17) is 4.74 Å². The molecule has 2 nitrogen and oxygen atoms in total. The number of allylic oxidation sites excluding steroid dienone is 2. The summed E-state index contributed by atoms with van der Waals surface area (Å²) >= 11 is 0. The molecule has 1 heterocycles. The fourth-order valence-electron chi connectivity index (χ4n) is 1.93. The van der Waals surface area contributed by atoms with Gasteiger partial charge in [0.05, 0.1) is 6.61 Å². The molecular formula is C16H21NO. The normalized spacial score (nSPS) is 10.6. The number of rotatable bonds is 5. The Morgan fingerprint density at radius 3 is 2.83 bits per heavy atom. The summed E-state index contributed by atoms with van der Waals surface area (Å²) in [6.45, 7) is 8.09. The fourth-order valence-corrected chi connectivity index (χ4v) is 1.93. The van der Waals surface area contributed by atoms with Crippen molar-refractivity contribution < 1.29 is 4.74 Å². The first kappa shape index (κ1) is 12.7. The third-order valence-electron chi connectivity index (χ3n) is 2.91. The van der Waals surface area contributed by atoms with Crippen LogP contribution in [0.25, 0.3) is 10.9 Å². The topological polar surface area (TPSA) is 14.2 Å². The molecule has 0 spiro atoms. The van der Waals surface area contributed by atoms with Crippen LogP contribution in [0.4, 0.5) is 0 Å². The van der Waals surface area contributed by atoms with Gasteiger partial charge in [0.25, 0.3) is 0 Å². The smallest absolute Gasteiger partial charge is 0.120 e. The Bertz CT molecular complexity index is 547. The maximum Gasteiger partial charge on any atom is 0.120 e. The Balaban J connectivity index is 2.23. The second-order valence-corrected chi connectivity index (χ2v) is 4.82. The SMILES string of the molecule is CCCOc1ccc2c(ccn2CC=C(C)C)c1. The lowest BCUT2D eigenvalue weighted by molar-refractivity contribution is 0.318. The van der Waals surface area contributed by atoms with E-state index in [0.717, 1.165) is 25.3 Å². The first-order valence-corrected chi connectivity index (χ1v) is 6.55. The molecule has 0 radical (unpaired) electrons. The van der Waals surface area contributed by atoms with Crippen molar-refractivity contribution in [3.63, 3.8) is 0 Å². The van der Waals surface area contributed by atoms with Crippen LogP contribution in [0.15, 0.2) is 42.1 Å². The molecule has 1 aromatic heterocycles. The van der Waals surface area contributed by atoms with Crippen molar-refractivity contribution in [3.8, 4) is 5.75 Å². The third-order valence-corrected chi connectivity index (χ3v) is 2.91. The lowest BCUT2D eigenvalue weighted by Crippen LogP contribution is -1.95. The number of hydrogen-bond acceptors (Lipinski definition) is 1. The lowest BCUT2D eigenvalue weighted by Gasteiger charge is -2.06. The molecule has 0 saturated heterocycles. The van der Waals surface area contributed by atoms with Crippen LogP contribution in [0.3, 0.4) is 0 Å². The van der Waals surface area contributed by atoms with E-state index in [1.54, 1.807) is 0 Å². The molecule has 2 rings (SSSR count). The van der Waals surface area contributed by atoms with Gasteiger partial charge in [-0.25, -0.2) is 0 Å². The van der Waals surface area contributed by atoms with Gasteiger partial charge in [0.2, 0.25) is 0 Å². The van der Waals surface area contributed by atoms with Gasteiger partial charge in [-0.05, 0) is 44.5 Å². The summed E-state index contributed by atoms with van der Waals surface area (Å²) in [6, 6.07) is 8.45. The summed E-state index contributed by atoms with van der Waals surface area (Å²) in [4.78, 5) is 0. The van der Waals surface area contributed by atoms with Gasteiger partial charge < -0.3 is 9.30 Å². The molecule has 1 aromatic carbocycles. The van der Waals surface area contributed by atoms with E-state index in [-0.39, 0.29) is 0 Å². The van der Waals surface area contributed by atoms with Crippen LogP contribution in [0, 0.1) is 0 Å². The number of nitrogens with zero attached hydrogens (tertiary/aromatic N) is 1. The zero-order chi connectivity index (χ0) is 13.0. The largest absolute Gasteiger partial charge is 0.494 e. The average Bonchev–Trinajstić information content (AvgIpc) is 2.76. The highest BCUT2D eigenvalue weighted by Crippen LogP contribution is 2.22. The van der Waals surface area contributed by atoms with Gasteiger partial charge in [0.15, 0.2) is 0 Å². The van der Waals surface area contributed by atoms with Crippen LogP contribution in [0.2, 0.25) is 0 Å². The van der Waals surface area contributed by atoms with Crippen molar-refractivity contribution in [2.24, 2.45) is 0 Å². The molecule has 0 atom stereocenters. The summed E-state index contributed by atoms with van der Waals surface area (Å²) < 4.78 is 7.91. The maximum atomic E-state index is 5.65. The molecule has 96 valence electrons. The van der Waals surface area contributed by atoms with Gasteiger partial charge in [-0.1, -0.05) is 18.6 Å². The summed E-state index contributed by atoms with van der Waals surface area (Å²) in [5.41, 5.74) is 2.61. The molecule has 2 aromatic rings. The van der Waals surface area contributed by atoms with Crippen LogP contribution in [0.5, 0.6) is 5.75 Å². The molecule has 18 heavy (non-hydrogen) atoms. The Morgan fingerprint density at radius 2 is 2.11 bits per heavy atom. The molecule has 0 fully saturated rings. The minimum absolute atomic E-state index is 0.782. The Hall–Kier alpha value is -1.70. The molecule has 0 aliphatic carbocycles. The predicted molar refractivity (Wildman–Crippen MR) is 77.2 cm³/mol. The van der Waals surface area contributed by atoms with E-state index < -0.39 is 0 Å². The van der Waals surface area contributed by atoms with Crippen molar-refractivity contribution in [1.82, 2.24) is 4.57 Å². The van der Waals surface area contributed by atoms with E-state index in [1.807, 2.05) is 0 Å². The van der Waals surface area contributed by atoms with Gasteiger partial charge in [-0.3, -0.25) is 0 Å². The Morgan fingerprint density at radius 1 is 1.28 bits per heavy atom. The van der Waals surface area contributed by atoms with Crippen LogP contribution < -0.4 is 4.74 Å². The van der Waals surface area contributed by atoms with Gasteiger partial charge in [-0.2, -0.15) is 0 Å². The van der Waals surface area contributed by atoms with E-state index in [0.29, 0.717) is 0 Å². The van der Waals surface area contributed by atoms with Gasteiger partial charge in [0, 0.05) is 23.6 Å². The zero-order valence-corrected chi connectivity index (χ0v) is 11.4. The zero-order valence-electron chi connectivity index (χ0n) is 11.4. The number of fused-ring (bicyclic) bond motifs is 1. The molecule has 0 bridgehead atoms. The van der Waals surface area contributed by atoms with Gasteiger partial charge >= 0.3 is 0 Å². The summed E-state index contributed by atoms with van der Waals surface area (Å²) in [7, 11) is 0. The average molecular weight is 243 g/mol. The fraction of sp³-hybridized carbons (Fsp3) is 0.375. The molecule has 0 unspecified atom stereocenters. The molecule has 0 aliphatic heterocycles. The van der Waals surface area contributed by atoms with Crippen LogP contribution in [-0.4, -0.2) is 11.2 Å². The van der Waals surface area contributed by atoms with E-state index in [9.17, 15) is 0 Å². The number of ether oxygens (including phenoxy) is 1. The van der Waals surface area contributed by atoms with E-state index in [2.05, 4.69) is 61.9 Å². The van der Waals surface area contributed by atoms with Crippen molar-refractivity contribution >= 4 is 10.9 Å². The predicted octanol–water partition coefficient (Wildman–Crippen LogP) is 4.40. The Labute approximate surface area is 109 Å². The molecular weight excluding hydrogens is 222 g/mol. The minimum atomic E-state index is 0.782. The number of benzene rings is 1. The highest BCUT2D eigenvalue weighted by Gasteiger charge is 2.01. The van der Waals surface area contributed by atoms with E-state index in [1.165, 1.54) is 16.5 Å². The highest BCUT2D eigenvalue weighted by atomic mass is 16.5. The molecule has 0 amide bonds. The van der Waals surface area contributed by atoms with Gasteiger partial charge in [0.1, 0.15) is 5.75 Å². The summed E-state index contributed by atoms with van der Waals surface area (Å²) in [5.74, 6) is 0.962. The minimum Gasteiger partial charge on any atom is -0.494 e. The van der Waals surface area contributed by atoms with Crippen LogP contribution >= 0.6 is 0 Å². The third kappa shape index (κ3) is 2.95. The van der Waals surface area contributed by atoms with Crippen LogP contribution in [-0.2, 0) is 6.54 Å². The van der Waals surface area contributed by atoms with Crippen LogP contribution in [0.1, 0.15) is 27.2 Å². The molecule has 0 N–H and O–H groups in total. The van der Waals surface area contributed by atoms with Crippen molar-refractivity contribution in [2.75, 3.05) is 6.61 Å². The monoisotopic (exact) mass is 243 g/mol. The van der Waals surface area contributed by atoms with Crippen molar-refractivity contribution in [1.29, 1.82) is 0 Å². The quantitative estimate of drug-likeness (QED) is 0.710. The number of hydrogen-bond donors (Lipinski definition) is 0.